The fourth-order valence-corrected chi connectivity index (χ4v) is 2.29. The van der Waals surface area contributed by atoms with Crippen molar-refractivity contribution in [3.8, 4) is 0 Å². The number of carbonyl (C=O) groups is 1. The van der Waals surface area contributed by atoms with Gasteiger partial charge in [0.2, 0.25) is 0 Å². The van der Waals surface area contributed by atoms with E-state index in [1.807, 2.05) is 19.1 Å². The molecular formula is C13H15N3OS. The molecule has 0 aliphatic rings. The van der Waals surface area contributed by atoms with Gasteiger partial charge in [0.25, 0.3) is 0 Å². The van der Waals surface area contributed by atoms with Gasteiger partial charge in [0, 0.05) is 18.1 Å². The van der Waals surface area contributed by atoms with Crippen molar-refractivity contribution in [3.05, 3.63) is 41.7 Å². The molecule has 2 aromatic rings. The third kappa shape index (κ3) is 3.70. The van der Waals surface area contributed by atoms with Gasteiger partial charge in [-0.05, 0) is 19.1 Å². The maximum Gasteiger partial charge on any atom is 0.149 e. The number of hydrogen-bond donors (Lipinski definition) is 0. The summed E-state index contributed by atoms with van der Waals surface area (Å²) >= 11 is 1.56. The van der Waals surface area contributed by atoms with Crippen LogP contribution in [0.25, 0.3) is 0 Å². The smallest absolute Gasteiger partial charge is 0.149 e. The van der Waals surface area contributed by atoms with E-state index >= 15 is 0 Å². The molecule has 0 atom stereocenters. The van der Waals surface area contributed by atoms with Crippen molar-refractivity contribution >= 4 is 17.5 Å². The summed E-state index contributed by atoms with van der Waals surface area (Å²) in [5.41, 5.74) is 1.96. The average Bonchev–Trinajstić information content (AvgIpc) is 2.74. The third-order valence-electron chi connectivity index (χ3n) is 2.45. The number of ketones is 1. The van der Waals surface area contributed by atoms with Crippen LogP contribution in [0.3, 0.4) is 0 Å². The van der Waals surface area contributed by atoms with E-state index in [9.17, 15) is 4.79 Å². The van der Waals surface area contributed by atoms with Crippen LogP contribution in [-0.2, 0) is 18.3 Å². The zero-order valence-corrected chi connectivity index (χ0v) is 11.3. The fourth-order valence-electron chi connectivity index (χ4n) is 1.53. The van der Waals surface area contributed by atoms with E-state index in [4.69, 9.17) is 0 Å². The van der Waals surface area contributed by atoms with E-state index in [-0.39, 0.29) is 5.78 Å². The molecule has 0 aliphatic heterocycles. The van der Waals surface area contributed by atoms with Crippen LogP contribution in [0.2, 0.25) is 0 Å². The van der Waals surface area contributed by atoms with Crippen LogP contribution in [0, 0.1) is 6.92 Å². The Balaban J connectivity index is 1.83. The SMILES string of the molecule is Cc1ccc(SCC(=O)Cc2cn(C)nn2)cc1. The number of Topliss-reactive ketones (excluding diaryl/α,β-unsaturated/α-hetero) is 1. The normalized spacial score (nSPS) is 10.6. The summed E-state index contributed by atoms with van der Waals surface area (Å²) in [6.45, 7) is 2.05. The predicted molar refractivity (Wildman–Crippen MR) is 71.6 cm³/mol. The Hall–Kier alpha value is -1.62. The minimum absolute atomic E-state index is 0.168. The molecule has 5 heteroatoms. The van der Waals surface area contributed by atoms with Crippen molar-refractivity contribution in [2.24, 2.45) is 7.05 Å². The first-order valence-electron chi connectivity index (χ1n) is 5.70. The summed E-state index contributed by atoms with van der Waals surface area (Å²) < 4.78 is 1.61. The lowest BCUT2D eigenvalue weighted by atomic mass is 10.2. The molecule has 1 heterocycles. The second-order valence-electron chi connectivity index (χ2n) is 4.20. The van der Waals surface area contributed by atoms with Crippen molar-refractivity contribution < 1.29 is 4.79 Å². The Labute approximate surface area is 110 Å². The van der Waals surface area contributed by atoms with Crippen LogP contribution in [0.4, 0.5) is 0 Å². The molecule has 0 bridgehead atoms. The van der Waals surface area contributed by atoms with Crippen molar-refractivity contribution in [3.63, 3.8) is 0 Å². The number of hydrogen-bond acceptors (Lipinski definition) is 4. The Morgan fingerprint density at radius 3 is 2.67 bits per heavy atom. The number of thioether (sulfide) groups is 1. The molecule has 0 fully saturated rings. The van der Waals surface area contributed by atoms with E-state index in [1.54, 1.807) is 29.7 Å². The fraction of sp³-hybridized carbons (Fsp3) is 0.308. The number of carbonyl (C=O) groups excluding carboxylic acids is 1. The topological polar surface area (TPSA) is 47.8 Å². The van der Waals surface area contributed by atoms with Crippen molar-refractivity contribution in [2.75, 3.05) is 5.75 Å². The maximum absolute atomic E-state index is 11.8. The highest BCUT2D eigenvalue weighted by atomic mass is 32.2. The zero-order chi connectivity index (χ0) is 13.0. The van der Waals surface area contributed by atoms with Crippen LogP contribution in [-0.4, -0.2) is 26.5 Å². The Bertz CT molecular complexity index is 533. The number of aromatic nitrogens is 3. The molecule has 0 radical (unpaired) electrons. The van der Waals surface area contributed by atoms with Gasteiger partial charge in [0.15, 0.2) is 0 Å². The van der Waals surface area contributed by atoms with Gasteiger partial charge in [-0.25, -0.2) is 0 Å². The van der Waals surface area contributed by atoms with Gasteiger partial charge < -0.3 is 0 Å². The summed E-state index contributed by atoms with van der Waals surface area (Å²) in [6, 6.07) is 8.18. The lowest BCUT2D eigenvalue weighted by molar-refractivity contribution is -0.116. The molecule has 94 valence electrons. The summed E-state index contributed by atoms with van der Waals surface area (Å²) in [5.74, 6) is 0.640. The first-order valence-corrected chi connectivity index (χ1v) is 6.68. The maximum atomic E-state index is 11.8. The van der Waals surface area contributed by atoms with Crippen molar-refractivity contribution in [2.45, 2.75) is 18.2 Å². The molecule has 0 unspecified atom stereocenters. The second kappa shape index (κ2) is 5.82. The first-order chi connectivity index (χ1) is 8.63. The first kappa shape index (κ1) is 12.8. The molecule has 18 heavy (non-hydrogen) atoms. The van der Waals surface area contributed by atoms with Crippen LogP contribution < -0.4 is 0 Å². The molecule has 0 saturated carbocycles. The van der Waals surface area contributed by atoms with E-state index in [1.165, 1.54) is 5.56 Å². The lowest BCUT2D eigenvalue weighted by Crippen LogP contribution is -2.05. The number of aryl methyl sites for hydroxylation is 2. The molecule has 4 nitrogen and oxygen atoms in total. The highest BCUT2D eigenvalue weighted by molar-refractivity contribution is 8.00. The summed E-state index contributed by atoms with van der Waals surface area (Å²) in [7, 11) is 1.79. The molecule has 0 N–H and O–H groups in total. The number of benzene rings is 1. The van der Waals surface area contributed by atoms with Crippen LogP contribution >= 0.6 is 11.8 Å². The molecule has 0 saturated heterocycles. The standard InChI is InChI=1S/C13H15N3OS/c1-10-3-5-13(6-4-10)18-9-12(17)7-11-8-16(2)15-14-11/h3-6,8H,7,9H2,1-2H3. The van der Waals surface area contributed by atoms with Gasteiger partial charge in [-0.2, -0.15) is 0 Å². The predicted octanol–water partition coefficient (Wildman–Crippen LogP) is 2.03. The van der Waals surface area contributed by atoms with Gasteiger partial charge in [0.1, 0.15) is 5.78 Å². The van der Waals surface area contributed by atoms with Gasteiger partial charge in [-0.3, -0.25) is 9.48 Å². The monoisotopic (exact) mass is 261 g/mol. The van der Waals surface area contributed by atoms with Crippen molar-refractivity contribution in [1.29, 1.82) is 0 Å². The van der Waals surface area contributed by atoms with Gasteiger partial charge in [0.05, 0.1) is 17.9 Å². The van der Waals surface area contributed by atoms with Crippen LogP contribution in [0.1, 0.15) is 11.3 Å². The molecule has 0 spiro atoms. The Kier molecular flexibility index (Phi) is 4.15. The lowest BCUT2D eigenvalue weighted by Gasteiger charge is -2.00. The minimum atomic E-state index is 0.168. The summed E-state index contributed by atoms with van der Waals surface area (Å²) in [4.78, 5) is 12.9. The molecule has 0 aliphatic carbocycles. The van der Waals surface area contributed by atoms with E-state index in [2.05, 4.69) is 22.4 Å². The van der Waals surface area contributed by atoms with Crippen LogP contribution in [0.5, 0.6) is 0 Å². The Morgan fingerprint density at radius 1 is 1.33 bits per heavy atom. The molecule has 0 amide bonds. The minimum Gasteiger partial charge on any atom is -0.298 e. The highest BCUT2D eigenvalue weighted by Gasteiger charge is 2.07. The second-order valence-corrected chi connectivity index (χ2v) is 5.25. The van der Waals surface area contributed by atoms with Crippen molar-refractivity contribution in [1.82, 2.24) is 15.0 Å². The van der Waals surface area contributed by atoms with E-state index in [0.717, 1.165) is 10.6 Å². The van der Waals surface area contributed by atoms with Crippen LogP contribution in [0.15, 0.2) is 35.4 Å². The van der Waals surface area contributed by atoms with E-state index in [0.29, 0.717) is 12.2 Å². The molecular weight excluding hydrogens is 246 g/mol. The zero-order valence-electron chi connectivity index (χ0n) is 10.5. The largest absolute Gasteiger partial charge is 0.298 e. The number of rotatable bonds is 5. The third-order valence-corrected chi connectivity index (χ3v) is 3.52. The molecule has 2 rings (SSSR count). The quantitative estimate of drug-likeness (QED) is 0.773. The van der Waals surface area contributed by atoms with Gasteiger partial charge in [-0.15, -0.1) is 16.9 Å². The average molecular weight is 261 g/mol. The Morgan fingerprint density at radius 2 is 2.06 bits per heavy atom. The highest BCUT2D eigenvalue weighted by Crippen LogP contribution is 2.18. The summed E-state index contributed by atoms with van der Waals surface area (Å²) in [6.07, 6.45) is 2.13. The van der Waals surface area contributed by atoms with E-state index < -0.39 is 0 Å². The molecule has 1 aromatic heterocycles. The molecule has 1 aromatic carbocycles. The van der Waals surface area contributed by atoms with Gasteiger partial charge in [-0.1, -0.05) is 22.9 Å². The van der Waals surface area contributed by atoms with Gasteiger partial charge >= 0.3 is 0 Å². The summed E-state index contributed by atoms with van der Waals surface area (Å²) in [5, 5.41) is 7.71. The number of nitrogens with zero attached hydrogens (tertiary/aromatic N) is 3.